The molecule has 0 heterocycles. The smallest absolute Gasteiger partial charge is 0.321 e. The van der Waals surface area contributed by atoms with Crippen LogP contribution in [0.1, 0.15) is 56.9 Å². The quantitative estimate of drug-likeness (QED) is 0.541. The number of hydrogen-bond acceptors (Lipinski definition) is 4. The van der Waals surface area contributed by atoms with Crippen LogP contribution in [0.3, 0.4) is 0 Å². The molecule has 3 amide bonds. The SMILES string of the molecule is CCC(C(=O)OCC(=O)NC(=O)NCCC1=CCCCC1)c1ccccc1. The predicted octanol–water partition coefficient (Wildman–Crippen LogP) is 3.44. The third kappa shape index (κ3) is 7.25. The molecule has 0 saturated heterocycles. The zero-order valence-electron chi connectivity index (χ0n) is 15.8. The summed E-state index contributed by atoms with van der Waals surface area (Å²) in [6.45, 7) is 1.89. The molecule has 6 heteroatoms. The third-order valence-electron chi connectivity index (χ3n) is 4.61. The zero-order valence-corrected chi connectivity index (χ0v) is 15.8. The molecule has 0 aromatic heterocycles. The van der Waals surface area contributed by atoms with Gasteiger partial charge >= 0.3 is 12.0 Å². The van der Waals surface area contributed by atoms with E-state index in [4.69, 9.17) is 4.74 Å². The van der Waals surface area contributed by atoms with E-state index in [2.05, 4.69) is 16.7 Å². The lowest BCUT2D eigenvalue weighted by Crippen LogP contribution is -2.42. The van der Waals surface area contributed by atoms with Gasteiger partial charge in [0.25, 0.3) is 5.91 Å². The fourth-order valence-electron chi connectivity index (χ4n) is 3.14. The molecule has 0 aliphatic heterocycles. The first kappa shape index (κ1) is 20.7. The fraction of sp³-hybridized carbons (Fsp3) is 0.476. The van der Waals surface area contributed by atoms with Crippen molar-refractivity contribution in [2.75, 3.05) is 13.2 Å². The molecule has 6 nitrogen and oxygen atoms in total. The monoisotopic (exact) mass is 372 g/mol. The minimum absolute atomic E-state index is 0.420. The van der Waals surface area contributed by atoms with Crippen molar-refractivity contribution in [3.05, 3.63) is 47.5 Å². The Hall–Kier alpha value is -2.63. The van der Waals surface area contributed by atoms with Crippen LogP contribution < -0.4 is 10.6 Å². The van der Waals surface area contributed by atoms with Crippen LogP contribution in [0.15, 0.2) is 42.0 Å². The zero-order chi connectivity index (χ0) is 19.5. The van der Waals surface area contributed by atoms with Gasteiger partial charge in [-0.1, -0.05) is 48.9 Å². The molecule has 1 aliphatic carbocycles. The van der Waals surface area contributed by atoms with Crippen LogP contribution in [-0.4, -0.2) is 31.1 Å². The van der Waals surface area contributed by atoms with Crippen LogP contribution >= 0.6 is 0 Å². The molecule has 1 atom stereocenters. The van der Waals surface area contributed by atoms with Gasteiger partial charge in [-0.2, -0.15) is 0 Å². The first-order valence-electron chi connectivity index (χ1n) is 9.57. The normalized spacial score (nSPS) is 14.6. The number of carbonyl (C=O) groups excluding carboxylic acids is 3. The van der Waals surface area contributed by atoms with Gasteiger partial charge in [0, 0.05) is 6.54 Å². The summed E-state index contributed by atoms with van der Waals surface area (Å²) >= 11 is 0. The number of amides is 3. The Kier molecular flexibility index (Phi) is 8.55. The van der Waals surface area contributed by atoms with Gasteiger partial charge in [0.1, 0.15) is 0 Å². The maximum Gasteiger partial charge on any atom is 0.321 e. The Morgan fingerprint density at radius 3 is 2.59 bits per heavy atom. The van der Waals surface area contributed by atoms with Crippen LogP contribution in [0, 0.1) is 0 Å². The summed E-state index contributed by atoms with van der Waals surface area (Å²) in [7, 11) is 0. The number of benzene rings is 1. The van der Waals surface area contributed by atoms with Crippen LogP contribution in [0.5, 0.6) is 0 Å². The molecule has 2 rings (SSSR count). The third-order valence-corrected chi connectivity index (χ3v) is 4.61. The molecule has 0 bridgehead atoms. The van der Waals surface area contributed by atoms with Gasteiger partial charge in [-0.05, 0) is 44.1 Å². The van der Waals surface area contributed by atoms with Crippen molar-refractivity contribution < 1.29 is 19.1 Å². The van der Waals surface area contributed by atoms with Crippen molar-refractivity contribution in [3.8, 4) is 0 Å². The molecule has 0 fully saturated rings. The van der Waals surface area contributed by atoms with E-state index in [-0.39, 0.29) is 0 Å². The molecule has 0 spiro atoms. The minimum Gasteiger partial charge on any atom is -0.455 e. The first-order valence-corrected chi connectivity index (χ1v) is 9.57. The average Bonchev–Trinajstić information content (AvgIpc) is 2.68. The Bertz CT molecular complexity index is 670. The number of esters is 1. The van der Waals surface area contributed by atoms with Crippen molar-refractivity contribution in [2.45, 2.75) is 51.4 Å². The van der Waals surface area contributed by atoms with Gasteiger partial charge < -0.3 is 10.1 Å². The second-order valence-corrected chi connectivity index (χ2v) is 6.64. The fourth-order valence-corrected chi connectivity index (χ4v) is 3.14. The van der Waals surface area contributed by atoms with Crippen molar-refractivity contribution in [1.29, 1.82) is 0 Å². The maximum atomic E-state index is 12.2. The van der Waals surface area contributed by atoms with Crippen molar-refractivity contribution >= 4 is 17.9 Å². The topological polar surface area (TPSA) is 84.5 Å². The second kappa shape index (κ2) is 11.2. The number of urea groups is 1. The number of carbonyl (C=O) groups is 3. The van der Waals surface area contributed by atoms with Gasteiger partial charge in [0.2, 0.25) is 0 Å². The van der Waals surface area contributed by atoms with Crippen LogP contribution in [0.25, 0.3) is 0 Å². The van der Waals surface area contributed by atoms with E-state index in [1.807, 2.05) is 37.3 Å². The highest BCUT2D eigenvalue weighted by Gasteiger charge is 2.21. The van der Waals surface area contributed by atoms with Gasteiger partial charge in [-0.15, -0.1) is 0 Å². The van der Waals surface area contributed by atoms with E-state index >= 15 is 0 Å². The molecule has 0 radical (unpaired) electrons. The molecule has 1 aromatic rings. The summed E-state index contributed by atoms with van der Waals surface area (Å²) < 4.78 is 5.07. The summed E-state index contributed by atoms with van der Waals surface area (Å²) in [5, 5.41) is 4.84. The number of nitrogens with one attached hydrogen (secondary N) is 2. The Morgan fingerprint density at radius 1 is 1.15 bits per heavy atom. The van der Waals surface area contributed by atoms with Gasteiger partial charge in [-0.25, -0.2) is 4.79 Å². The molecule has 1 aliphatic rings. The molecular formula is C21H28N2O4. The van der Waals surface area contributed by atoms with E-state index in [0.717, 1.165) is 24.8 Å². The van der Waals surface area contributed by atoms with Gasteiger partial charge in [0.15, 0.2) is 6.61 Å². The van der Waals surface area contributed by atoms with E-state index in [1.54, 1.807) is 0 Å². The van der Waals surface area contributed by atoms with E-state index in [1.165, 1.54) is 18.4 Å². The van der Waals surface area contributed by atoms with Gasteiger partial charge in [-0.3, -0.25) is 14.9 Å². The van der Waals surface area contributed by atoms with Crippen LogP contribution in [0.4, 0.5) is 4.79 Å². The predicted molar refractivity (Wildman–Crippen MR) is 103 cm³/mol. The van der Waals surface area contributed by atoms with Crippen LogP contribution in [-0.2, 0) is 14.3 Å². The van der Waals surface area contributed by atoms with Gasteiger partial charge in [0.05, 0.1) is 5.92 Å². The van der Waals surface area contributed by atoms with Crippen molar-refractivity contribution in [3.63, 3.8) is 0 Å². The summed E-state index contributed by atoms with van der Waals surface area (Å²) in [5.41, 5.74) is 2.20. The summed E-state index contributed by atoms with van der Waals surface area (Å²) in [4.78, 5) is 35.8. The lowest BCUT2D eigenvalue weighted by atomic mass is 9.97. The number of allylic oxidation sites excluding steroid dienone is 1. The Labute approximate surface area is 160 Å². The molecular weight excluding hydrogens is 344 g/mol. The number of imide groups is 1. The first-order chi connectivity index (χ1) is 13.1. The van der Waals surface area contributed by atoms with Crippen LogP contribution in [0.2, 0.25) is 0 Å². The lowest BCUT2D eigenvalue weighted by molar-refractivity contribution is -0.149. The summed E-state index contributed by atoms with van der Waals surface area (Å²) in [6, 6.07) is 8.72. The van der Waals surface area contributed by atoms with E-state index in [0.29, 0.717) is 13.0 Å². The van der Waals surface area contributed by atoms with E-state index in [9.17, 15) is 14.4 Å². The average molecular weight is 372 g/mol. The number of rotatable bonds is 8. The molecule has 1 aromatic carbocycles. The largest absolute Gasteiger partial charge is 0.455 e. The highest BCUT2D eigenvalue weighted by molar-refractivity contribution is 5.95. The molecule has 146 valence electrons. The maximum absolute atomic E-state index is 12.2. The standard InChI is InChI=1S/C21H28N2O4/c1-2-18(17-11-7-4-8-12-17)20(25)27-15-19(24)23-21(26)22-14-13-16-9-5-3-6-10-16/h4,7-9,11-12,18H,2-3,5-6,10,13-15H2,1H3,(H2,22,23,24,26). The number of ether oxygens (including phenoxy) is 1. The Morgan fingerprint density at radius 2 is 1.93 bits per heavy atom. The molecule has 1 unspecified atom stereocenters. The molecule has 2 N–H and O–H groups in total. The Balaban J connectivity index is 1.67. The van der Waals surface area contributed by atoms with E-state index < -0.39 is 30.4 Å². The highest BCUT2D eigenvalue weighted by atomic mass is 16.5. The van der Waals surface area contributed by atoms with Crippen molar-refractivity contribution in [1.82, 2.24) is 10.6 Å². The molecule has 27 heavy (non-hydrogen) atoms. The summed E-state index contributed by atoms with van der Waals surface area (Å²) in [5.74, 6) is -1.53. The lowest BCUT2D eigenvalue weighted by Gasteiger charge is -2.15. The molecule has 0 saturated carbocycles. The highest BCUT2D eigenvalue weighted by Crippen LogP contribution is 2.21. The second-order valence-electron chi connectivity index (χ2n) is 6.64. The summed E-state index contributed by atoms with van der Waals surface area (Å²) in [6.07, 6.45) is 8.21. The minimum atomic E-state index is -0.638. The number of hydrogen-bond donors (Lipinski definition) is 2. The van der Waals surface area contributed by atoms with Crippen molar-refractivity contribution in [2.24, 2.45) is 0 Å².